The van der Waals surface area contributed by atoms with Crippen molar-refractivity contribution in [3.63, 3.8) is 0 Å². The van der Waals surface area contributed by atoms with Crippen LogP contribution in [-0.4, -0.2) is 53.2 Å². The third-order valence-electron chi connectivity index (χ3n) is 5.99. The molecule has 1 atom stereocenters. The van der Waals surface area contributed by atoms with Gasteiger partial charge in [-0.3, -0.25) is 9.78 Å². The number of rotatable bonds is 7. The van der Waals surface area contributed by atoms with Crippen LogP contribution in [0.15, 0.2) is 79.6 Å². The van der Waals surface area contributed by atoms with Crippen LogP contribution in [0.25, 0.3) is 22.2 Å². The number of nitrogens with zero attached hydrogens (tertiary/aromatic N) is 4. The van der Waals surface area contributed by atoms with Crippen LogP contribution in [0.3, 0.4) is 0 Å². The summed E-state index contributed by atoms with van der Waals surface area (Å²) in [5.74, 6) is 0.200. The van der Waals surface area contributed by atoms with Crippen molar-refractivity contribution in [2.45, 2.75) is 6.10 Å². The van der Waals surface area contributed by atoms with Gasteiger partial charge in [0.2, 0.25) is 11.9 Å². The quantitative estimate of drug-likeness (QED) is 0.342. The van der Waals surface area contributed by atoms with Gasteiger partial charge in [-0.1, -0.05) is 24.8 Å². The van der Waals surface area contributed by atoms with Gasteiger partial charge in [0.25, 0.3) is 0 Å². The average Bonchev–Trinajstić information content (AvgIpc) is 2.93. The Morgan fingerprint density at radius 2 is 2.03 bits per heavy atom. The lowest BCUT2D eigenvalue weighted by atomic mass is 10.1. The van der Waals surface area contributed by atoms with Gasteiger partial charge in [0.15, 0.2) is 0 Å². The molecule has 3 heterocycles. The second-order valence-electron chi connectivity index (χ2n) is 8.41. The lowest BCUT2D eigenvalue weighted by Crippen LogP contribution is -2.45. The van der Waals surface area contributed by atoms with Crippen molar-refractivity contribution in [1.82, 2.24) is 15.0 Å². The second-order valence-corrected chi connectivity index (χ2v) is 8.41. The highest BCUT2D eigenvalue weighted by molar-refractivity contribution is 5.99. The van der Waals surface area contributed by atoms with Gasteiger partial charge < -0.3 is 26.0 Å². The van der Waals surface area contributed by atoms with E-state index in [9.17, 15) is 4.79 Å². The number of hydrogen-bond donors (Lipinski definition) is 3. The zero-order chi connectivity index (χ0) is 24.9. The van der Waals surface area contributed by atoms with E-state index in [4.69, 9.17) is 15.5 Å². The molecule has 2 aromatic carbocycles. The van der Waals surface area contributed by atoms with Gasteiger partial charge in [0, 0.05) is 60.0 Å². The Kier molecular flexibility index (Phi) is 6.83. The van der Waals surface area contributed by atoms with E-state index in [0.29, 0.717) is 30.5 Å². The normalized spacial score (nSPS) is 15.5. The molecule has 4 N–H and O–H groups in total. The van der Waals surface area contributed by atoms with Gasteiger partial charge >= 0.3 is 0 Å². The molecule has 2 aromatic heterocycles. The van der Waals surface area contributed by atoms with Crippen LogP contribution < -0.4 is 21.3 Å². The molecule has 1 aliphatic rings. The maximum atomic E-state index is 11.7. The number of fused-ring (bicyclic) bond motifs is 1. The Morgan fingerprint density at radius 1 is 1.17 bits per heavy atom. The number of nitrogens with one attached hydrogen (secondary N) is 2. The van der Waals surface area contributed by atoms with Crippen LogP contribution in [0.4, 0.5) is 23.0 Å². The summed E-state index contributed by atoms with van der Waals surface area (Å²) in [5, 5.41) is 6.95. The smallest absolute Gasteiger partial charge is 0.247 e. The first-order valence-corrected chi connectivity index (χ1v) is 11.7. The van der Waals surface area contributed by atoms with E-state index in [0.717, 1.165) is 40.9 Å². The second kappa shape index (κ2) is 10.5. The highest BCUT2D eigenvalue weighted by atomic mass is 16.5. The molecule has 0 spiro atoms. The lowest BCUT2D eigenvalue weighted by Gasteiger charge is -2.34. The minimum atomic E-state index is -0.280. The first kappa shape index (κ1) is 23.4. The molecule has 0 radical (unpaired) electrons. The van der Waals surface area contributed by atoms with Crippen molar-refractivity contribution in [3.05, 3.63) is 79.6 Å². The molecule has 1 saturated heterocycles. The maximum absolute atomic E-state index is 11.7. The summed E-state index contributed by atoms with van der Waals surface area (Å²) >= 11 is 0. The molecular weight excluding hydrogens is 454 g/mol. The van der Waals surface area contributed by atoms with Crippen LogP contribution in [0, 0.1) is 0 Å². The molecule has 1 aliphatic heterocycles. The summed E-state index contributed by atoms with van der Waals surface area (Å²) in [6.07, 6.45) is 4.73. The zero-order valence-corrected chi connectivity index (χ0v) is 19.7. The van der Waals surface area contributed by atoms with E-state index in [-0.39, 0.29) is 12.0 Å². The van der Waals surface area contributed by atoms with Gasteiger partial charge in [-0.15, -0.1) is 0 Å². The van der Waals surface area contributed by atoms with E-state index in [1.54, 1.807) is 18.5 Å². The van der Waals surface area contributed by atoms with E-state index >= 15 is 0 Å². The molecule has 9 nitrogen and oxygen atoms in total. The number of amides is 1. The van der Waals surface area contributed by atoms with E-state index in [1.165, 1.54) is 6.08 Å². The first-order chi connectivity index (χ1) is 17.6. The van der Waals surface area contributed by atoms with E-state index < -0.39 is 0 Å². The number of hydrogen-bond acceptors (Lipinski definition) is 8. The summed E-state index contributed by atoms with van der Waals surface area (Å²) < 4.78 is 5.66. The molecule has 36 heavy (non-hydrogen) atoms. The van der Waals surface area contributed by atoms with E-state index in [1.807, 2.05) is 36.4 Å². The number of para-hydroxylation sites is 1. The summed E-state index contributed by atoms with van der Waals surface area (Å²) in [6, 6.07) is 17.5. The number of morpholine rings is 1. The van der Waals surface area contributed by atoms with E-state index in [2.05, 4.69) is 44.2 Å². The number of nitrogens with two attached hydrogens (primary N) is 1. The van der Waals surface area contributed by atoms with Crippen molar-refractivity contribution < 1.29 is 9.53 Å². The first-order valence-electron chi connectivity index (χ1n) is 11.7. The standard InChI is InChI=1S/C27H27N7O2/c1-2-25(35)31-20-10-11-29-24(14-20)23-5-3-4-18-16-30-27(33-26(18)23)32-19-6-8-21(9-7-19)34-12-13-36-22(15-28)17-34/h2-11,14,16,22H,1,12-13,15,17,28H2,(H,29,31,35)(H,30,32,33)/t22-/m0/s1. The number of anilines is 4. The highest BCUT2D eigenvalue weighted by Crippen LogP contribution is 2.29. The summed E-state index contributed by atoms with van der Waals surface area (Å²) in [7, 11) is 0. The molecular formula is C27H27N7O2. The van der Waals surface area contributed by atoms with Crippen molar-refractivity contribution in [2.75, 3.05) is 41.8 Å². The Balaban J connectivity index is 1.38. The third-order valence-corrected chi connectivity index (χ3v) is 5.99. The molecule has 0 unspecified atom stereocenters. The van der Waals surface area contributed by atoms with Gasteiger partial charge in [-0.2, -0.15) is 0 Å². The number of carbonyl (C=O) groups is 1. The molecule has 5 rings (SSSR count). The molecule has 0 bridgehead atoms. The fourth-order valence-electron chi connectivity index (χ4n) is 4.15. The number of benzene rings is 2. The highest BCUT2D eigenvalue weighted by Gasteiger charge is 2.19. The fourth-order valence-corrected chi connectivity index (χ4v) is 4.15. The van der Waals surface area contributed by atoms with Gasteiger partial charge in [0.1, 0.15) is 0 Å². The molecule has 9 heteroatoms. The summed E-state index contributed by atoms with van der Waals surface area (Å²) in [5.41, 5.74) is 10.7. The predicted molar refractivity (Wildman–Crippen MR) is 142 cm³/mol. The minimum absolute atomic E-state index is 0.0604. The van der Waals surface area contributed by atoms with Crippen LogP contribution in [0.5, 0.6) is 0 Å². The Morgan fingerprint density at radius 3 is 2.83 bits per heavy atom. The Hall–Kier alpha value is -4.34. The van der Waals surface area contributed by atoms with Crippen LogP contribution >= 0.6 is 0 Å². The number of aromatic nitrogens is 3. The van der Waals surface area contributed by atoms with Crippen LogP contribution in [0.1, 0.15) is 0 Å². The molecule has 1 fully saturated rings. The monoisotopic (exact) mass is 481 g/mol. The molecule has 1 amide bonds. The number of ether oxygens (including phenoxy) is 1. The fraction of sp³-hybridized carbons (Fsp3) is 0.185. The minimum Gasteiger partial charge on any atom is -0.373 e. The summed E-state index contributed by atoms with van der Waals surface area (Å²) in [4.78, 5) is 27.7. The van der Waals surface area contributed by atoms with Crippen molar-refractivity contribution in [1.29, 1.82) is 0 Å². The van der Waals surface area contributed by atoms with Crippen molar-refractivity contribution in [2.24, 2.45) is 5.73 Å². The van der Waals surface area contributed by atoms with Crippen LogP contribution in [0.2, 0.25) is 0 Å². The average molecular weight is 482 g/mol. The SMILES string of the molecule is C=CC(=O)Nc1ccnc(-c2cccc3cnc(Nc4ccc(N5CCO[C@@H](CN)C5)cc4)nc23)c1. The van der Waals surface area contributed by atoms with Gasteiger partial charge in [0.05, 0.1) is 23.9 Å². The molecule has 182 valence electrons. The number of carbonyl (C=O) groups excluding carboxylic acids is 1. The van der Waals surface area contributed by atoms with Gasteiger partial charge in [-0.25, -0.2) is 9.97 Å². The van der Waals surface area contributed by atoms with Crippen molar-refractivity contribution in [3.8, 4) is 11.3 Å². The largest absolute Gasteiger partial charge is 0.373 e. The lowest BCUT2D eigenvalue weighted by molar-refractivity contribution is -0.111. The molecule has 0 saturated carbocycles. The third kappa shape index (κ3) is 5.17. The zero-order valence-electron chi connectivity index (χ0n) is 19.7. The summed E-state index contributed by atoms with van der Waals surface area (Å²) in [6.45, 7) is 6.31. The maximum Gasteiger partial charge on any atom is 0.247 e. The van der Waals surface area contributed by atoms with Crippen LogP contribution in [-0.2, 0) is 9.53 Å². The molecule has 4 aromatic rings. The topological polar surface area (TPSA) is 118 Å². The number of pyridine rings is 1. The molecule has 0 aliphatic carbocycles. The Bertz CT molecular complexity index is 1390. The van der Waals surface area contributed by atoms with Crippen molar-refractivity contribution >= 4 is 39.8 Å². The Labute approximate surface area is 209 Å². The predicted octanol–water partition coefficient (Wildman–Crippen LogP) is 3.72. The van der Waals surface area contributed by atoms with Gasteiger partial charge in [-0.05, 0) is 42.5 Å².